The number of piperazine rings is 1. The third kappa shape index (κ3) is 6.20. The Morgan fingerprint density at radius 2 is 1.69 bits per heavy atom. The number of halogens is 1. The largest absolute Gasteiger partial charge is 0.339 e. The van der Waals surface area contributed by atoms with Gasteiger partial charge in [0.2, 0.25) is 5.91 Å². The average molecular weight is 544 g/mol. The molecule has 1 unspecified atom stereocenters. The highest BCUT2D eigenvalue weighted by Crippen LogP contribution is 2.28. The van der Waals surface area contributed by atoms with Crippen LogP contribution in [0.3, 0.4) is 0 Å². The maximum absolute atomic E-state index is 13.6. The molecule has 0 saturated carbocycles. The highest BCUT2D eigenvalue weighted by atomic mass is 32.2. The molecule has 0 aliphatic carbocycles. The van der Waals surface area contributed by atoms with E-state index in [1.54, 1.807) is 22.7 Å². The third-order valence-electron chi connectivity index (χ3n) is 6.76. The Labute approximate surface area is 231 Å². The van der Waals surface area contributed by atoms with Crippen LogP contribution in [0.2, 0.25) is 0 Å². The van der Waals surface area contributed by atoms with Gasteiger partial charge in [-0.05, 0) is 43.7 Å². The van der Waals surface area contributed by atoms with Gasteiger partial charge >= 0.3 is 0 Å². The Bertz CT molecular complexity index is 1430. The summed E-state index contributed by atoms with van der Waals surface area (Å²) in [6.45, 7) is 3.29. The number of carbonyl (C=O) groups is 2. The first kappa shape index (κ1) is 26.6. The van der Waals surface area contributed by atoms with Crippen LogP contribution < -0.4 is 0 Å². The van der Waals surface area contributed by atoms with Crippen molar-refractivity contribution in [2.24, 2.45) is 0 Å². The van der Waals surface area contributed by atoms with E-state index in [9.17, 15) is 14.0 Å². The molecule has 1 atom stereocenters. The number of aromatic nitrogens is 3. The molecule has 0 spiro atoms. The molecule has 9 heteroatoms. The summed E-state index contributed by atoms with van der Waals surface area (Å²) in [5.74, 6) is 0.940. The van der Waals surface area contributed by atoms with E-state index in [4.69, 9.17) is 0 Å². The van der Waals surface area contributed by atoms with E-state index in [0.29, 0.717) is 38.0 Å². The normalized spacial score (nSPS) is 15.4. The fraction of sp³-hybridized carbons (Fsp3) is 0.267. The lowest BCUT2D eigenvalue weighted by molar-refractivity contribution is -0.133. The van der Waals surface area contributed by atoms with Crippen LogP contribution in [0.4, 0.5) is 4.39 Å². The molecule has 39 heavy (non-hydrogen) atoms. The Morgan fingerprint density at radius 1 is 0.949 bits per heavy atom. The number of hydrogen-bond donors (Lipinski definition) is 0. The van der Waals surface area contributed by atoms with E-state index in [1.807, 2.05) is 72.5 Å². The fourth-order valence-corrected chi connectivity index (χ4v) is 5.66. The summed E-state index contributed by atoms with van der Waals surface area (Å²) >= 11 is 1.58. The summed E-state index contributed by atoms with van der Waals surface area (Å²) in [4.78, 5) is 29.3. The van der Waals surface area contributed by atoms with E-state index >= 15 is 0 Å². The van der Waals surface area contributed by atoms with Crippen molar-refractivity contribution in [1.29, 1.82) is 0 Å². The number of hydrogen-bond acceptors (Lipinski definition) is 5. The minimum absolute atomic E-state index is 0.0785. The molecule has 0 N–H and O–H groups in total. The first-order valence-electron chi connectivity index (χ1n) is 13.0. The highest BCUT2D eigenvalue weighted by Gasteiger charge is 2.30. The van der Waals surface area contributed by atoms with Crippen molar-refractivity contribution < 1.29 is 14.0 Å². The molecule has 4 aromatic rings. The molecule has 0 radical (unpaired) electrons. The maximum Gasteiger partial charge on any atom is 0.254 e. The van der Waals surface area contributed by atoms with Crippen LogP contribution in [0, 0.1) is 5.82 Å². The highest BCUT2D eigenvalue weighted by molar-refractivity contribution is 7.99. The Hall–Kier alpha value is -3.98. The minimum atomic E-state index is -0.432. The predicted molar refractivity (Wildman–Crippen MR) is 150 cm³/mol. The lowest BCUT2D eigenvalue weighted by Crippen LogP contribution is -2.55. The molecular formula is C30H30FN5O2S. The molecule has 1 saturated heterocycles. The van der Waals surface area contributed by atoms with Crippen molar-refractivity contribution in [3.05, 3.63) is 96.3 Å². The number of benzene rings is 3. The molecule has 2 heterocycles. The van der Waals surface area contributed by atoms with Crippen LogP contribution in [0.5, 0.6) is 0 Å². The molecule has 1 aromatic heterocycles. The van der Waals surface area contributed by atoms with Gasteiger partial charge in [0.25, 0.3) is 5.91 Å². The van der Waals surface area contributed by atoms with Gasteiger partial charge in [0.05, 0.1) is 0 Å². The van der Waals surface area contributed by atoms with Gasteiger partial charge in [-0.15, -0.1) is 10.2 Å². The molecule has 1 aliphatic rings. The number of amides is 2. The van der Waals surface area contributed by atoms with Crippen molar-refractivity contribution in [3.63, 3.8) is 0 Å². The van der Waals surface area contributed by atoms with Gasteiger partial charge in [0.15, 0.2) is 11.0 Å². The smallest absolute Gasteiger partial charge is 0.254 e. The van der Waals surface area contributed by atoms with Crippen LogP contribution in [-0.4, -0.2) is 67.8 Å². The van der Waals surface area contributed by atoms with Gasteiger partial charge in [0.1, 0.15) is 5.82 Å². The van der Waals surface area contributed by atoms with Gasteiger partial charge in [0, 0.05) is 54.7 Å². The number of carbonyl (C=O) groups excluding carboxylic acids is 2. The second-order valence-electron chi connectivity index (χ2n) is 9.49. The second-order valence-corrected chi connectivity index (χ2v) is 10.6. The Morgan fingerprint density at radius 3 is 2.41 bits per heavy atom. The summed E-state index contributed by atoms with van der Waals surface area (Å²) < 4.78 is 15.6. The summed E-state index contributed by atoms with van der Waals surface area (Å²) in [5, 5.41) is 9.71. The van der Waals surface area contributed by atoms with Crippen LogP contribution in [-0.2, 0) is 4.79 Å². The average Bonchev–Trinajstić information content (AvgIpc) is 3.39. The third-order valence-corrected chi connectivity index (χ3v) is 7.77. The quantitative estimate of drug-likeness (QED) is 0.222. The van der Waals surface area contributed by atoms with Crippen LogP contribution in [0.15, 0.2) is 90.1 Å². The predicted octanol–water partition coefficient (Wildman–Crippen LogP) is 5.32. The second kappa shape index (κ2) is 12.3. The number of thioether (sulfide) groups is 1. The summed E-state index contributed by atoms with van der Waals surface area (Å²) in [7, 11) is 0. The van der Waals surface area contributed by atoms with Crippen molar-refractivity contribution in [2.75, 3.05) is 25.4 Å². The summed E-state index contributed by atoms with van der Waals surface area (Å²) in [6.07, 6.45) is 1.12. The summed E-state index contributed by atoms with van der Waals surface area (Å²) in [5.41, 5.74) is 2.30. The van der Waals surface area contributed by atoms with Gasteiger partial charge in [-0.3, -0.25) is 14.2 Å². The molecule has 1 aliphatic heterocycles. The first-order valence-corrected chi connectivity index (χ1v) is 14.0. The van der Waals surface area contributed by atoms with E-state index in [0.717, 1.165) is 28.0 Å². The maximum atomic E-state index is 13.6. The van der Waals surface area contributed by atoms with Gasteiger partial charge in [-0.1, -0.05) is 66.4 Å². The molecule has 200 valence electrons. The van der Waals surface area contributed by atoms with Crippen molar-refractivity contribution >= 4 is 23.6 Å². The van der Waals surface area contributed by atoms with E-state index < -0.39 is 5.82 Å². The molecule has 3 aromatic carbocycles. The zero-order chi connectivity index (χ0) is 27.2. The number of nitrogens with zero attached hydrogens (tertiary/aromatic N) is 5. The van der Waals surface area contributed by atoms with Gasteiger partial charge in [-0.25, -0.2) is 4.39 Å². The Balaban J connectivity index is 1.16. The topological polar surface area (TPSA) is 71.3 Å². The van der Waals surface area contributed by atoms with Crippen LogP contribution >= 0.6 is 11.8 Å². The number of para-hydroxylation sites is 1. The molecule has 7 nitrogen and oxygen atoms in total. The van der Waals surface area contributed by atoms with E-state index in [2.05, 4.69) is 14.8 Å². The summed E-state index contributed by atoms with van der Waals surface area (Å²) in [6, 6.07) is 25.6. The first-order chi connectivity index (χ1) is 19.0. The standard InChI is InChI=1S/C30H30FN5O2S/c1-22-21-34(17-18-35(22)29(38)24-12-8-13-25(31)20-24)27(37)16-9-19-39-30-33-32-28(23-10-4-2-5-11-23)36(30)26-14-6-3-7-15-26/h2-8,10-15,20,22H,9,16-19,21H2,1H3. The van der Waals surface area contributed by atoms with Gasteiger partial charge in [-0.2, -0.15) is 0 Å². The SMILES string of the molecule is CC1CN(C(=O)CCCSc2nnc(-c3ccccc3)n2-c2ccccc2)CCN1C(=O)c1cccc(F)c1. The monoisotopic (exact) mass is 543 g/mol. The van der Waals surface area contributed by atoms with Crippen molar-refractivity contribution in [3.8, 4) is 17.1 Å². The lowest BCUT2D eigenvalue weighted by Gasteiger charge is -2.40. The van der Waals surface area contributed by atoms with Crippen LogP contribution in [0.1, 0.15) is 30.1 Å². The Kier molecular flexibility index (Phi) is 8.36. The molecular weight excluding hydrogens is 513 g/mol. The zero-order valence-electron chi connectivity index (χ0n) is 21.7. The molecule has 1 fully saturated rings. The number of rotatable bonds is 8. The van der Waals surface area contributed by atoms with E-state index in [1.165, 1.54) is 18.2 Å². The zero-order valence-corrected chi connectivity index (χ0v) is 22.6. The van der Waals surface area contributed by atoms with E-state index in [-0.39, 0.29) is 17.9 Å². The minimum Gasteiger partial charge on any atom is -0.339 e. The van der Waals surface area contributed by atoms with Crippen LogP contribution in [0.25, 0.3) is 17.1 Å². The lowest BCUT2D eigenvalue weighted by atomic mass is 10.1. The van der Waals surface area contributed by atoms with Crippen molar-refractivity contribution in [2.45, 2.75) is 31.0 Å². The van der Waals surface area contributed by atoms with Gasteiger partial charge < -0.3 is 9.80 Å². The van der Waals surface area contributed by atoms with Crippen molar-refractivity contribution in [1.82, 2.24) is 24.6 Å². The molecule has 5 rings (SSSR count). The molecule has 2 amide bonds. The molecule has 0 bridgehead atoms. The fourth-order valence-electron chi connectivity index (χ4n) is 4.77.